The average molecular weight is 364 g/mol. The molecule has 0 spiro atoms. The van der Waals surface area contributed by atoms with Gasteiger partial charge in [-0.1, -0.05) is 17.7 Å². The van der Waals surface area contributed by atoms with Crippen LogP contribution in [0.2, 0.25) is 5.02 Å². The Morgan fingerprint density at radius 1 is 1.24 bits per heavy atom. The first kappa shape index (κ1) is 17.4. The molecule has 2 aromatic rings. The van der Waals surface area contributed by atoms with Gasteiger partial charge in [0, 0.05) is 22.7 Å². The molecule has 2 aromatic carbocycles. The maximum absolute atomic E-state index is 12.7. The lowest BCUT2D eigenvalue weighted by Crippen LogP contribution is -2.25. The van der Waals surface area contributed by atoms with E-state index in [1.165, 1.54) is 14.2 Å². The molecule has 0 unspecified atom stereocenters. The molecule has 0 saturated carbocycles. The maximum atomic E-state index is 12.7. The topological polar surface area (TPSA) is 66.0 Å². The van der Waals surface area contributed by atoms with Gasteiger partial charge < -0.3 is 24.3 Å². The van der Waals surface area contributed by atoms with Crippen molar-refractivity contribution in [3.05, 3.63) is 52.0 Å². The third kappa shape index (κ3) is 3.65. The van der Waals surface area contributed by atoms with Crippen molar-refractivity contribution >= 4 is 17.5 Å². The summed E-state index contributed by atoms with van der Waals surface area (Å²) in [7, 11) is 3.01. The van der Waals surface area contributed by atoms with Crippen molar-refractivity contribution in [1.29, 1.82) is 0 Å². The summed E-state index contributed by atoms with van der Waals surface area (Å²) in [6.07, 6.45) is 0. The van der Waals surface area contributed by atoms with Gasteiger partial charge >= 0.3 is 0 Å². The van der Waals surface area contributed by atoms with Crippen LogP contribution in [-0.4, -0.2) is 26.9 Å². The minimum atomic E-state index is -0.310. The van der Waals surface area contributed by atoms with Gasteiger partial charge in [-0.2, -0.15) is 0 Å². The molecule has 1 N–H and O–H groups in total. The zero-order valence-electron chi connectivity index (χ0n) is 13.9. The molecule has 25 heavy (non-hydrogen) atoms. The Morgan fingerprint density at radius 3 is 2.64 bits per heavy atom. The fourth-order valence-corrected chi connectivity index (χ4v) is 2.99. The second kappa shape index (κ2) is 7.63. The first-order chi connectivity index (χ1) is 12.1. The van der Waals surface area contributed by atoms with Crippen LogP contribution in [0.4, 0.5) is 0 Å². The Morgan fingerprint density at radius 2 is 1.96 bits per heavy atom. The van der Waals surface area contributed by atoms with E-state index in [9.17, 15) is 4.79 Å². The standard InChI is InChI=1S/C18H18ClNO5/c1-22-14-4-3-5-15(23-2)16(14)18(21)20-8-11-6-13(19)7-12-9-24-10-25-17(11)12/h3-7H,8-10H2,1-2H3,(H,20,21). The first-order valence-corrected chi connectivity index (χ1v) is 8.03. The summed E-state index contributed by atoms with van der Waals surface area (Å²) >= 11 is 6.15. The molecular formula is C18H18ClNO5. The summed E-state index contributed by atoms with van der Waals surface area (Å²) in [6.45, 7) is 0.857. The molecule has 1 aliphatic rings. The molecule has 7 heteroatoms. The predicted octanol–water partition coefficient (Wildman–Crippen LogP) is 3.15. The van der Waals surface area contributed by atoms with Crippen LogP contribution in [0.15, 0.2) is 30.3 Å². The van der Waals surface area contributed by atoms with E-state index in [2.05, 4.69) is 5.32 Å². The van der Waals surface area contributed by atoms with Gasteiger partial charge in [0.05, 0.1) is 20.8 Å². The summed E-state index contributed by atoms with van der Waals surface area (Å²) in [6, 6.07) is 8.74. The Hall–Kier alpha value is -2.44. The molecule has 0 bridgehead atoms. The number of carbonyl (C=O) groups is 1. The van der Waals surface area contributed by atoms with Crippen molar-refractivity contribution < 1.29 is 23.7 Å². The molecule has 0 aliphatic carbocycles. The zero-order valence-corrected chi connectivity index (χ0v) is 14.7. The lowest BCUT2D eigenvalue weighted by molar-refractivity contribution is -0.0170. The highest BCUT2D eigenvalue weighted by Crippen LogP contribution is 2.32. The van der Waals surface area contributed by atoms with E-state index in [0.717, 1.165) is 11.1 Å². The van der Waals surface area contributed by atoms with Crippen LogP contribution in [-0.2, 0) is 17.9 Å². The number of nitrogens with one attached hydrogen (secondary N) is 1. The smallest absolute Gasteiger partial charge is 0.259 e. The van der Waals surface area contributed by atoms with Crippen LogP contribution in [0.5, 0.6) is 17.2 Å². The number of hydrogen-bond donors (Lipinski definition) is 1. The minimum absolute atomic E-state index is 0.176. The summed E-state index contributed by atoms with van der Waals surface area (Å²) in [5.41, 5.74) is 1.98. The quantitative estimate of drug-likeness (QED) is 0.884. The molecule has 1 amide bonds. The third-order valence-corrected chi connectivity index (χ3v) is 4.06. The maximum Gasteiger partial charge on any atom is 0.259 e. The number of hydrogen-bond acceptors (Lipinski definition) is 5. The van der Waals surface area contributed by atoms with Gasteiger partial charge in [0.15, 0.2) is 6.79 Å². The van der Waals surface area contributed by atoms with Crippen molar-refractivity contribution in [3.63, 3.8) is 0 Å². The number of ether oxygens (including phenoxy) is 4. The van der Waals surface area contributed by atoms with Gasteiger partial charge in [-0.25, -0.2) is 0 Å². The van der Waals surface area contributed by atoms with E-state index in [1.807, 2.05) is 0 Å². The van der Waals surface area contributed by atoms with E-state index in [4.69, 9.17) is 30.5 Å². The molecule has 3 rings (SSSR count). The highest BCUT2D eigenvalue weighted by molar-refractivity contribution is 6.30. The van der Waals surface area contributed by atoms with Crippen molar-refractivity contribution in [3.8, 4) is 17.2 Å². The molecule has 1 heterocycles. The predicted molar refractivity (Wildman–Crippen MR) is 92.5 cm³/mol. The van der Waals surface area contributed by atoms with Crippen molar-refractivity contribution in [1.82, 2.24) is 5.32 Å². The lowest BCUT2D eigenvalue weighted by atomic mass is 10.1. The SMILES string of the molecule is COc1cccc(OC)c1C(=O)NCc1cc(Cl)cc2c1OCOC2. The summed E-state index contributed by atoms with van der Waals surface area (Å²) < 4.78 is 21.4. The normalized spacial score (nSPS) is 12.8. The minimum Gasteiger partial charge on any atom is -0.496 e. The Bertz CT molecular complexity index is 771. The molecule has 0 radical (unpaired) electrons. The van der Waals surface area contributed by atoms with Gasteiger partial charge in [-0.15, -0.1) is 0 Å². The van der Waals surface area contributed by atoms with Gasteiger partial charge in [0.1, 0.15) is 22.8 Å². The molecule has 0 atom stereocenters. The van der Waals surface area contributed by atoms with Crippen LogP contribution in [0.25, 0.3) is 0 Å². The molecule has 0 aromatic heterocycles. The van der Waals surface area contributed by atoms with E-state index >= 15 is 0 Å². The fourth-order valence-electron chi connectivity index (χ4n) is 2.73. The summed E-state index contributed by atoms with van der Waals surface area (Å²) in [4.78, 5) is 12.7. The zero-order chi connectivity index (χ0) is 17.8. The number of halogens is 1. The number of methoxy groups -OCH3 is 2. The highest BCUT2D eigenvalue weighted by Gasteiger charge is 2.20. The number of amides is 1. The monoisotopic (exact) mass is 363 g/mol. The number of fused-ring (bicyclic) bond motifs is 1. The van der Waals surface area contributed by atoms with Crippen molar-refractivity contribution in [2.24, 2.45) is 0 Å². The largest absolute Gasteiger partial charge is 0.496 e. The van der Waals surface area contributed by atoms with Gasteiger partial charge in [-0.05, 0) is 24.3 Å². The van der Waals surface area contributed by atoms with E-state index < -0.39 is 0 Å². The lowest BCUT2D eigenvalue weighted by Gasteiger charge is -2.21. The highest BCUT2D eigenvalue weighted by atomic mass is 35.5. The average Bonchev–Trinajstić information content (AvgIpc) is 2.64. The summed E-state index contributed by atoms with van der Waals surface area (Å²) in [5.74, 6) is 1.27. The van der Waals surface area contributed by atoms with Gasteiger partial charge in [-0.3, -0.25) is 4.79 Å². The number of carbonyl (C=O) groups excluding carboxylic acids is 1. The van der Waals surface area contributed by atoms with E-state index in [1.54, 1.807) is 30.3 Å². The molecule has 6 nitrogen and oxygen atoms in total. The number of benzene rings is 2. The van der Waals surface area contributed by atoms with Crippen LogP contribution < -0.4 is 19.5 Å². The van der Waals surface area contributed by atoms with Gasteiger partial charge in [0.2, 0.25) is 0 Å². The first-order valence-electron chi connectivity index (χ1n) is 7.65. The Labute approximate surface area is 150 Å². The van der Waals surface area contributed by atoms with E-state index in [-0.39, 0.29) is 19.2 Å². The Balaban J connectivity index is 1.83. The van der Waals surface area contributed by atoms with Crippen molar-refractivity contribution in [2.75, 3.05) is 21.0 Å². The van der Waals surface area contributed by atoms with E-state index in [0.29, 0.717) is 34.4 Å². The van der Waals surface area contributed by atoms with Crippen LogP contribution in [0.3, 0.4) is 0 Å². The molecular weight excluding hydrogens is 346 g/mol. The molecule has 0 fully saturated rings. The number of rotatable bonds is 5. The molecule has 132 valence electrons. The second-order valence-electron chi connectivity index (χ2n) is 5.38. The molecule has 1 aliphatic heterocycles. The van der Waals surface area contributed by atoms with Crippen molar-refractivity contribution in [2.45, 2.75) is 13.2 Å². The van der Waals surface area contributed by atoms with Crippen LogP contribution in [0.1, 0.15) is 21.5 Å². The second-order valence-corrected chi connectivity index (χ2v) is 5.82. The Kier molecular flexibility index (Phi) is 5.31. The van der Waals surface area contributed by atoms with Crippen LogP contribution in [0, 0.1) is 0 Å². The fraction of sp³-hybridized carbons (Fsp3) is 0.278. The third-order valence-electron chi connectivity index (χ3n) is 3.85. The summed E-state index contributed by atoms with van der Waals surface area (Å²) in [5, 5.41) is 3.43. The molecule has 0 saturated heterocycles. The van der Waals surface area contributed by atoms with Crippen LogP contribution >= 0.6 is 11.6 Å². The van der Waals surface area contributed by atoms with Gasteiger partial charge in [0.25, 0.3) is 5.91 Å².